The van der Waals surface area contributed by atoms with Crippen LogP contribution in [0.3, 0.4) is 0 Å². The summed E-state index contributed by atoms with van der Waals surface area (Å²) in [6, 6.07) is 52.2. The number of phenols is 4. The number of nitrogens with zero attached hydrogens (tertiary/aromatic N) is 3. The summed E-state index contributed by atoms with van der Waals surface area (Å²) >= 11 is 0. The van der Waals surface area contributed by atoms with Crippen molar-refractivity contribution in [1.82, 2.24) is 0 Å². The van der Waals surface area contributed by atoms with E-state index >= 15 is 0 Å². The number of furan rings is 1. The number of fused-ring (bicyclic) bond motifs is 7. The largest absolute Gasteiger partial charge is 0.504 e. The van der Waals surface area contributed by atoms with Crippen LogP contribution in [0.1, 0.15) is 127 Å². The number of aryl methyl sites for hydroxylation is 5. The van der Waals surface area contributed by atoms with Crippen molar-refractivity contribution in [3.63, 3.8) is 0 Å². The fourth-order valence-electron chi connectivity index (χ4n) is 12.7. The highest BCUT2D eigenvalue weighted by Gasteiger charge is 2.45. The van der Waals surface area contributed by atoms with Crippen LogP contribution in [0.2, 0.25) is 0 Å². The number of para-hydroxylation sites is 2. The predicted molar refractivity (Wildman–Crippen MR) is 350 cm³/mol. The van der Waals surface area contributed by atoms with Gasteiger partial charge in [-0.3, -0.25) is 0 Å². The number of anilines is 9. The van der Waals surface area contributed by atoms with Crippen molar-refractivity contribution in [1.29, 1.82) is 0 Å². The number of hydrogen-bond donors (Lipinski definition) is 4. The van der Waals surface area contributed by atoms with E-state index in [9.17, 15) is 20.4 Å². The van der Waals surface area contributed by atoms with Gasteiger partial charge >= 0.3 is 0 Å². The zero-order valence-electron chi connectivity index (χ0n) is 51.2. The molecule has 0 radical (unpaired) electrons. The molecule has 0 atom stereocenters. The van der Waals surface area contributed by atoms with E-state index in [0.29, 0.717) is 5.69 Å². The first-order valence-corrected chi connectivity index (χ1v) is 29.3. The zero-order chi connectivity index (χ0) is 59.5. The lowest BCUT2D eigenvalue weighted by Crippen LogP contribution is -2.61. The van der Waals surface area contributed by atoms with Crippen LogP contribution in [-0.2, 0) is 16.2 Å². The van der Waals surface area contributed by atoms with Crippen molar-refractivity contribution in [3.05, 3.63) is 190 Å². The molecule has 0 saturated heterocycles. The smallest absolute Gasteiger partial charge is 0.252 e. The molecule has 422 valence electrons. The molecule has 0 saturated carbocycles. The van der Waals surface area contributed by atoms with E-state index in [2.05, 4.69) is 248 Å². The molecule has 4 N–H and O–H groups in total. The minimum atomic E-state index is -0.807. The molecule has 10 aromatic rings. The Morgan fingerprint density at radius 1 is 0.494 bits per heavy atom. The lowest BCUT2D eigenvalue weighted by atomic mass is 9.33. The number of aromatic hydroxyl groups is 4. The summed E-state index contributed by atoms with van der Waals surface area (Å²) in [5.74, 6) is -2.72. The van der Waals surface area contributed by atoms with Crippen molar-refractivity contribution >= 4 is 96.2 Å². The van der Waals surface area contributed by atoms with Crippen molar-refractivity contribution < 1.29 is 24.8 Å². The molecule has 9 aromatic carbocycles. The molecule has 1 aromatic heterocycles. The third-order valence-corrected chi connectivity index (χ3v) is 16.8. The fourth-order valence-corrected chi connectivity index (χ4v) is 12.7. The number of benzene rings is 9. The molecule has 12 rings (SSSR count). The molecule has 3 heterocycles. The molecule has 2 aliphatic heterocycles. The molecule has 83 heavy (non-hydrogen) atoms. The van der Waals surface area contributed by atoms with Crippen molar-refractivity contribution in [2.24, 2.45) is 0 Å². The maximum Gasteiger partial charge on any atom is 0.252 e. The third-order valence-electron chi connectivity index (χ3n) is 16.8. The van der Waals surface area contributed by atoms with E-state index in [1.54, 1.807) is 0 Å². The first-order chi connectivity index (χ1) is 39.2. The zero-order valence-corrected chi connectivity index (χ0v) is 51.2. The quantitative estimate of drug-likeness (QED) is 0.0742. The minimum Gasteiger partial charge on any atom is -0.504 e. The summed E-state index contributed by atoms with van der Waals surface area (Å²) in [6.07, 6.45) is 1.25. The maximum atomic E-state index is 12.0. The van der Waals surface area contributed by atoms with E-state index in [1.807, 2.05) is 17.0 Å². The van der Waals surface area contributed by atoms with Gasteiger partial charge in [-0.1, -0.05) is 161 Å². The van der Waals surface area contributed by atoms with Crippen LogP contribution in [-0.4, -0.2) is 27.1 Å². The van der Waals surface area contributed by atoms with E-state index in [4.69, 9.17) is 4.42 Å². The van der Waals surface area contributed by atoms with E-state index in [-0.39, 0.29) is 28.6 Å². The summed E-state index contributed by atoms with van der Waals surface area (Å²) in [6.45, 7) is 34.9. The van der Waals surface area contributed by atoms with Crippen molar-refractivity contribution in [2.75, 3.05) is 14.7 Å². The van der Waals surface area contributed by atoms with E-state index in [1.165, 1.54) is 34.5 Å². The maximum absolute atomic E-state index is 12.0. The van der Waals surface area contributed by atoms with Crippen LogP contribution in [0.15, 0.2) is 150 Å². The molecule has 9 heteroatoms. The van der Waals surface area contributed by atoms with Gasteiger partial charge in [0.15, 0.2) is 11.5 Å². The van der Waals surface area contributed by atoms with Gasteiger partial charge in [-0.2, -0.15) is 0 Å². The van der Waals surface area contributed by atoms with Gasteiger partial charge < -0.3 is 39.5 Å². The van der Waals surface area contributed by atoms with Gasteiger partial charge in [0, 0.05) is 56.5 Å². The highest BCUT2D eigenvalue weighted by atomic mass is 16.3. The predicted octanol–water partition coefficient (Wildman–Crippen LogP) is 18.5. The number of phenolic OH excluding ortho intramolecular Hbond substituents is 4. The second-order valence-electron chi connectivity index (χ2n) is 26.3. The van der Waals surface area contributed by atoms with Crippen LogP contribution >= 0.6 is 0 Å². The lowest BCUT2D eigenvalue weighted by Gasteiger charge is -2.45. The molecule has 0 aliphatic carbocycles. The Bertz CT molecular complexity index is 4180. The first kappa shape index (κ1) is 56.3. The Labute approximate surface area is 491 Å². The second-order valence-corrected chi connectivity index (χ2v) is 26.3. The van der Waals surface area contributed by atoms with E-state index in [0.717, 1.165) is 112 Å². The number of rotatable bonds is 6. The van der Waals surface area contributed by atoms with E-state index < -0.39 is 23.0 Å². The average molecular weight is 1100 g/mol. The van der Waals surface area contributed by atoms with Gasteiger partial charge in [-0.15, -0.1) is 0 Å². The van der Waals surface area contributed by atoms with Gasteiger partial charge in [-0.25, -0.2) is 0 Å². The highest BCUT2D eigenvalue weighted by molar-refractivity contribution is 7.00. The van der Waals surface area contributed by atoms with Crippen molar-refractivity contribution in [2.45, 2.75) is 133 Å². The highest BCUT2D eigenvalue weighted by Crippen LogP contribution is 2.55. The monoisotopic (exact) mass is 1100 g/mol. The molecule has 0 unspecified atom stereocenters. The molecular weight excluding hydrogens is 1020 g/mol. The van der Waals surface area contributed by atoms with Gasteiger partial charge in [0.1, 0.15) is 11.2 Å². The summed E-state index contributed by atoms with van der Waals surface area (Å²) in [4.78, 5) is 6.82. The Morgan fingerprint density at radius 3 is 1.71 bits per heavy atom. The molecule has 2 aliphatic rings. The molecule has 0 amide bonds. The fraction of sp³-hybridized carbons (Fsp3) is 0.270. The third kappa shape index (κ3) is 9.52. The van der Waals surface area contributed by atoms with Gasteiger partial charge in [0.05, 0.1) is 17.1 Å². The summed E-state index contributed by atoms with van der Waals surface area (Å²) in [5.41, 5.74) is 23.5. The normalized spacial score (nSPS) is 13.0. The van der Waals surface area contributed by atoms with Gasteiger partial charge in [0.25, 0.3) is 6.71 Å². The van der Waals surface area contributed by atoms with Gasteiger partial charge in [0.2, 0.25) is 11.5 Å². The van der Waals surface area contributed by atoms with Crippen LogP contribution < -0.4 is 31.1 Å². The Hall–Kier alpha value is -8.56. The van der Waals surface area contributed by atoms with Crippen LogP contribution in [0.25, 0.3) is 33.1 Å². The summed E-state index contributed by atoms with van der Waals surface area (Å²) < 4.78 is 6.64. The van der Waals surface area contributed by atoms with Crippen LogP contribution in [0, 0.1) is 34.6 Å². The first-order valence-electron chi connectivity index (χ1n) is 29.3. The molecule has 0 spiro atoms. The Morgan fingerprint density at radius 2 is 1.08 bits per heavy atom. The number of hydrogen-bond acceptors (Lipinski definition) is 8. The van der Waals surface area contributed by atoms with Crippen LogP contribution in [0.4, 0.5) is 51.2 Å². The average Bonchev–Trinajstić information content (AvgIpc) is 1.72. The topological polar surface area (TPSA) is 104 Å². The Balaban J connectivity index is 0.00000235. The summed E-state index contributed by atoms with van der Waals surface area (Å²) in [5, 5.41) is 47.5. The molecule has 0 bridgehead atoms. The van der Waals surface area contributed by atoms with Gasteiger partial charge in [-0.05, 0) is 178 Å². The molecule has 0 fully saturated rings. The van der Waals surface area contributed by atoms with Crippen LogP contribution in [0.5, 0.6) is 23.0 Å². The molecule has 8 nitrogen and oxygen atoms in total. The van der Waals surface area contributed by atoms with Crippen molar-refractivity contribution in [3.8, 4) is 34.1 Å². The lowest BCUT2D eigenvalue weighted by molar-refractivity contribution is 0.346. The minimum absolute atomic E-state index is 0.0227. The second kappa shape index (κ2) is 20.4. The standard InChI is InChI=1S/C71H70BN3O5.C3H8/c1-39-30-57-62-58(31-39)75(64-40(2)32-44(33-41(64)3)50-19-17-20-52-51-18-15-16-21-61(51)80-68(50)52)56-37-49(74(59-38-60(76)66(78)67(79)65(59)77)63-42(4)34-47(35-43(63)5)71(12,13)14)27-28-53(56)72(62)54-36-46(70(9,10)11)24-29-55(54)73(57)48-25-22-45(23-26-48)69(6,7)8;1-3-2/h15-38,76-79H,1-14H3;3H2,1-2H3. The summed E-state index contributed by atoms with van der Waals surface area (Å²) in [7, 11) is 0. The SMILES string of the molecule is CCC.Cc1cc2c3c(c1)N(c1c(C)cc(-c4cccc5c4oc4ccccc45)cc1C)c1cc(N(c4cc(O)c(O)c(O)c4O)c4c(C)cc(C(C)(C)C)cc4C)ccc1B3c1cc(C(C)(C)C)ccc1N2c1ccc(C(C)(C)C)cc1. The molecular formula is C74H78BN3O5. The Kier molecular flexibility index (Phi) is 13.8.